The van der Waals surface area contributed by atoms with Gasteiger partial charge < -0.3 is 10.6 Å². The van der Waals surface area contributed by atoms with Crippen molar-refractivity contribution in [2.75, 3.05) is 26.7 Å². The molecule has 0 fully saturated rings. The number of rotatable bonds is 6. The number of benzene rings is 1. The Morgan fingerprint density at radius 3 is 2.50 bits per heavy atom. The zero-order valence-corrected chi connectivity index (χ0v) is 10.9. The third-order valence-electron chi connectivity index (χ3n) is 2.72. The van der Waals surface area contributed by atoms with Gasteiger partial charge in [-0.2, -0.15) is 0 Å². The Hall–Kier alpha value is -0.570. The van der Waals surface area contributed by atoms with E-state index >= 15 is 0 Å². The highest BCUT2D eigenvalue weighted by Crippen LogP contribution is 2.10. The van der Waals surface area contributed by atoms with Gasteiger partial charge in [-0.1, -0.05) is 30.7 Å². The Kier molecular flexibility index (Phi) is 5.81. The number of halogens is 1. The van der Waals surface area contributed by atoms with Gasteiger partial charge >= 0.3 is 0 Å². The summed E-state index contributed by atoms with van der Waals surface area (Å²) in [6.45, 7) is 5.06. The van der Waals surface area contributed by atoms with Crippen molar-refractivity contribution >= 4 is 11.6 Å². The molecule has 16 heavy (non-hydrogen) atoms. The van der Waals surface area contributed by atoms with E-state index in [4.69, 9.17) is 17.3 Å². The predicted octanol–water partition coefficient (Wildman–Crippen LogP) is 2.41. The lowest BCUT2D eigenvalue weighted by Crippen LogP contribution is -2.29. The van der Waals surface area contributed by atoms with Crippen LogP contribution in [0.5, 0.6) is 0 Å². The van der Waals surface area contributed by atoms with E-state index in [9.17, 15) is 0 Å². The number of likely N-dealkylation sites (N-methyl/N-ethyl adjacent to an activating group) is 1. The summed E-state index contributed by atoms with van der Waals surface area (Å²) in [5, 5.41) is 0.800. The number of nitrogens with two attached hydrogens (primary N) is 1. The second-order valence-corrected chi connectivity index (χ2v) is 4.92. The second kappa shape index (κ2) is 6.89. The number of hydrogen-bond donors (Lipinski definition) is 1. The molecule has 2 N–H and O–H groups in total. The fourth-order valence-electron chi connectivity index (χ4n) is 1.67. The Morgan fingerprint density at radius 1 is 1.31 bits per heavy atom. The summed E-state index contributed by atoms with van der Waals surface area (Å²) in [6.07, 6.45) is 1.06. The molecule has 2 nitrogen and oxygen atoms in total. The summed E-state index contributed by atoms with van der Waals surface area (Å²) in [7, 11) is 2.14. The van der Waals surface area contributed by atoms with Gasteiger partial charge in [0.15, 0.2) is 0 Å². The number of nitrogens with zero attached hydrogens (tertiary/aromatic N) is 1. The second-order valence-electron chi connectivity index (χ2n) is 4.48. The number of hydrogen-bond acceptors (Lipinski definition) is 2. The lowest BCUT2D eigenvalue weighted by molar-refractivity contribution is 0.292. The largest absolute Gasteiger partial charge is 0.330 e. The first kappa shape index (κ1) is 13.5. The maximum atomic E-state index is 5.84. The average Bonchev–Trinajstić information content (AvgIpc) is 2.28. The molecule has 0 saturated carbocycles. The third kappa shape index (κ3) is 4.97. The van der Waals surface area contributed by atoms with Gasteiger partial charge in [0.25, 0.3) is 0 Å². The van der Waals surface area contributed by atoms with Crippen molar-refractivity contribution < 1.29 is 0 Å². The minimum atomic E-state index is 0.565. The van der Waals surface area contributed by atoms with Crippen LogP contribution in [0.2, 0.25) is 5.02 Å². The molecule has 90 valence electrons. The van der Waals surface area contributed by atoms with E-state index < -0.39 is 0 Å². The van der Waals surface area contributed by atoms with Crippen LogP contribution in [-0.4, -0.2) is 31.6 Å². The molecule has 0 spiro atoms. The van der Waals surface area contributed by atoms with E-state index in [1.165, 1.54) is 5.56 Å². The van der Waals surface area contributed by atoms with Crippen molar-refractivity contribution in [3.8, 4) is 0 Å². The molecular formula is C13H21ClN2. The van der Waals surface area contributed by atoms with Crippen LogP contribution in [0, 0.1) is 5.92 Å². The molecule has 1 aromatic rings. The first-order chi connectivity index (χ1) is 7.61. The Labute approximate surface area is 103 Å². The van der Waals surface area contributed by atoms with Gasteiger partial charge in [0.05, 0.1) is 0 Å². The molecule has 0 bridgehead atoms. The highest BCUT2D eigenvalue weighted by molar-refractivity contribution is 6.30. The molecule has 0 aliphatic heterocycles. The van der Waals surface area contributed by atoms with Crippen molar-refractivity contribution in [2.45, 2.75) is 13.3 Å². The van der Waals surface area contributed by atoms with Crippen LogP contribution in [0.3, 0.4) is 0 Å². The molecule has 0 saturated heterocycles. The van der Waals surface area contributed by atoms with Gasteiger partial charge in [0.2, 0.25) is 0 Å². The van der Waals surface area contributed by atoms with Crippen molar-refractivity contribution in [2.24, 2.45) is 11.7 Å². The monoisotopic (exact) mass is 240 g/mol. The molecule has 0 heterocycles. The van der Waals surface area contributed by atoms with Gasteiger partial charge in [-0.15, -0.1) is 0 Å². The summed E-state index contributed by atoms with van der Waals surface area (Å²) in [4.78, 5) is 2.33. The van der Waals surface area contributed by atoms with E-state index in [1.54, 1.807) is 0 Å². The van der Waals surface area contributed by atoms with Crippen LogP contribution in [0.1, 0.15) is 12.5 Å². The summed E-state index contributed by atoms with van der Waals surface area (Å²) >= 11 is 5.84. The van der Waals surface area contributed by atoms with Crippen molar-refractivity contribution in [3.63, 3.8) is 0 Å². The maximum Gasteiger partial charge on any atom is 0.0406 e. The van der Waals surface area contributed by atoms with Crippen LogP contribution in [0.4, 0.5) is 0 Å². The van der Waals surface area contributed by atoms with Crippen molar-refractivity contribution in [3.05, 3.63) is 34.9 Å². The topological polar surface area (TPSA) is 29.3 Å². The van der Waals surface area contributed by atoms with E-state index in [-0.39, 0.29) is 0 Å². The maximum absolute atomic E-state index is 5.84. The fraction of sp³-hybridized carbons (Fsp3) is 0.538. The van der Waals surface area contributed by atoms with Gasteiger partial charge in [0.1, 0.15) is 0 Å². The smallest absolute Gasteiger partial charge is 0.0406 e. The molecule has 1 atom stereocenters. The SMILES string of the molecule is CC(CN)CN(C)CCc1ccc(Cl)cc1. The predicted molar refractivity (Wildman–Crippen MR) is 70.9 cm³/mol. The first-order valence-corrected chi connectivity index (χ1v) is 6.12. The van der Waals surface area contributed by atoms with Gasteiger partial charge in [-0.25, -0.2) is 0 Å². The summed E-state index contributed by atoms with van der Waals surface area (Å²) in [6, 6.07) is 8.06. The molecule has 1 unspecified atom stereocenters. The van der Waals surface area contributed by atoms with Gasteiger partial charge in [-0.05, 0) is 43.6 Å². The Morgan fingerprint density at radius 2 is 1.94 bits per heavy atom. The van der Waals surface area contributed by atoms with E-state index in [0.29, 0.717) is 5.92 Å². The zero-order chi connectivity index (χ0) is 12.0. The first-order valence-electron chi connectivity index (χ1n) is 5.75. The standard InChI is InChI=1S/C13H21ClN2/c1-11(9-15)10-16(2)8-7-12-3-5-13(14)6-4-12/h3-6,11H,7-10,15H2,1-2H3. The minimum absolute atomic E-state index is 0.565. The molecule has 1 aromatic carbocycles. The summed E-state index contributed by atoms with van der Waals surface area (Å²) in [5.41, 5.74) is 6.93. The van der Waals surface area contributed by atoms with E-state index in [1.807, 2.05) is 12.1 Å². The molecular weight excluding hydrogens is 220 g/mol. The van der Waals surface area contributed by atoms with E-state index in [2.05, 4.69) is 31.0 Å². The quantitative estimate of drug-likeness (QED) is 0.828. The zero-order valence-electron chi connectivity index (χ0n) is 10.1. The minimum Gasteiger partial charge on any atom is -0.330 e. The van der Waals surface area contributed by atoms with Crippen LogP contribution < -0.4 is 5.73 Å². The molecule has 0 aliphatic carbocycles. The highest BCUT2D eigenvalue weighted by atomic mass is 35.5. The van der Waals surface area contributed by atoms with Crippen molar-refractivity contribution in [1.82, 2.24) is 4.90 Å². The molecule has 3 heteroatoms. The lowest BCUT2D eigenvalue weighted by Gasteiger charge is -2.20. The lowest BCUT2D eigenvalue weighted by atomic mass is 10.1. The Balaban J connectivity index is 2.31. The van der Waals surface area contributed by atoms with Crippen molar-refractivity contribution in [1.29, 1.82) is 0 Å². The Bertz CT molecular complexity index is 297. The van der Waals surface area contributed by atoms with Crippen LogP contribution in [0.25, 0.3) is 0 Å². The third-order valence-corrected chi connectivity index (χ3v) is 2.97. The van der Waals surface area contributed by atoms with E-state index in [0.717, 1.165) is 31.1 Å². The molecule has 0 radical (unpaired) electrons. The molecule has 1 rings (SSSR count). The molecule has 0 aromatic heterocycles. The van der Waals surface area contributed by atoms with Crippen LogP contribution in [-0.2, 0) is 6.42 Å². The fourth-order valence-corrected chi connectivity index (χ4v) is 1.79. The van der Waals surface area contributed by atoms with Crippen LogP contribution in [0.15, 0.2) is 24.3 Å². The molecule has 0 amide bonds. The summed E-state index contributed by atoms with van der Waals surface area (Å²) < 4.78 is 0. The normalized spacial score (nSPS) is 13.1. The highest BCUT2D eigenvalue weighted by Gasteiger charge is 2.04. The van der Waals surface area contributed by atoms with Gasteiger partial charge in [0, 0.05) is 18.1 Å². The summed E-state index contributed by atoms with van der Waals surface area (Å²) in [5.74, 6) is 0.565. The van der Waals surface area contributed by atoms with Crippen LogP contribution >= 0.6 is 11.6 Å². The average molecular weight is 241 g/mol. The molecule has 0 aliphatic rings. The van der Waals surface area contributed by atoms with Gasteiger partial charge in [-0.3, -0.25) is 0 Å².